The van der Waals surface area contributed by atoms with Gasteiger partial charge in [0.15, 0.2) is 0 Å². The average Bonchev–Trinajstić information content (AvgIpc) is 3.15. The van der Waals surface area contributed by atoms with Crippen LogP contribution in [0.5, 0.6) is 0 Å². The maximum absolute atomic E-state index is 12.0. The second-order valence-corrected chi connectivity index (χ2v) is 6.00. The molecule has 5 nitrogen and oxygen atoms in total. The number of carbonyl (C=O) groups excluding carboxylic acids is 1. The number of fused-ring (bicyclic) bond motifs is 1. The highest BCUT2D eigenvalue weighted by Gasteiger charge is 2.06. The third kappa shape index (κ3) is 5.45. The van der Waals surface area contributed by atoms with E-state index in [1.54, 1.807) is 24.4 Å². The number of aromatic nitrogens is 1. The molecule has 3 rings (SSSR count). The fraction of sp³-hybridized carbons (Fsp3) is 0.130. The van der Waals surface area contributed by atoms with Crippen LogP contribution in [0.1, 0.15) is 30.7 Å². The van der Waals surface area contributed by atoms with E-state index in [2.05, 4.69) is 42.5 Å². The summed E-state index contributed by atoms with van der Waals surface area (Å²) in [5, 5.41) is 3.84. The number of allylic oxidation sites excluding steroid dienone is 2. The van der Waals surface area contributed by atoms with Crippen molar-refractivity contribution in [2.75, 3.05) is 5.73 Å². The van der Waals surface area contributed by atoms with Gasteiger partial charge in [-0.3, -0.25) is 4.79 Å². The summed E-state index contributed by atoms with van der Waals surface area (Å²) >= 11 is 0. The minimum absolute atomic E-state index is 0.201. The highest BCUT2D eigenvalue weighted by atomic mass is 16.3. The van der Waals surface area contributed by atoms with Crippen LogP contribution in [0.4, 0.5) is 5.82 Å². The molecule has 144 valence electrons. The lowest BCUT2D eigenvalue weighted by Crippen LogP contribution is -2.19. The van der Waals surface area contributed by atoms with E-state index >= 15 is 0 Å². The summed E-state index contributed by atoms with van der Waals surface area (Å²) in [4.78, 5) is 15.9. The third-order valence-corrected chi connectivity index (χ3v) is 4.13. The molecule has 0 saturated heterocycles. The lowest BCUT2D eigenvalue weighted by molar-refractivity contribution is -0.116. The van der Waals surface area contributed by atoms with Gasteiger partial charge >= 0.3 is 0 Å². The number of hydrogen-bond donors (Lipinski definition) is 2. The highest BCUT2D eigenvalue weighted by Crippen LogP contribution is 2.24. The normalized spacial score (nSPS) is 11.3. The Labute approximate surface area is 165 Å². The molecule has 0 spiro atoms. The molecule has 0 aliphatic heterocycles. The Morgan fingerprint density at radius 3 is 2.71 bits per heavy atom. The molecule has 0 unspecified atom stereocenters. The van der Waals surface area contributed by atoms with Crippen molar-refractivity contribution < 1.29 is 9.21 Å². The van der Waals surface area contributed by atoms with Crippen LogP contribution in [0.2, 0.25) is 0 Å². The fourth-order valence-corrected chi connectivity index (χ4v) is 2.52. The van der Waals surface area contributed by atoms with Crippen LogP contribution < -0.4 is 11.1 Å². The van der Waals surface area contributed by atoms with E-state index in [9.17, 15) is 4.79 Å². The average molecular weight is 375 g/mol. The Morgan fingerprint density at radius 1 is 1.25 bits per heavy atom. The van der Waals surface area contributed by atoms with Gasteiger partial charge in [-0.25, -0.2) is 4.98 Å². The molecule has 1 aromatic carbocycles. The van der Waals surface area contributed by atoms with E-state index in [0.717, 1.165) is 22.1 Å². The molecule has 0 fully saturated rings. The lowest BCUT2D eigenvalue weighted by Gasteiger charge is -1.99. The van der Waals surface area contributed by atoms with Gasteiger partial charge in [-0.1, -0.05) is 12.1 Å². The first kappa shape index (κ1) is 20.7. The molecule has 0 atom stereocenters. The van der Waals surface area contributed by atoms with Crippen LogP contribution in [-0.2, 0) is 11.3 Å². The number of nitrogens with two attached hydrogens (primary N) is 1. The van der Waals surface area contributed by atoms with Crippen molar-refractivity contribution in [3.8, 4) is 0 Å². The maximum Gasteiger partial charge on any atom is 0.244 e. The topological polar surface area (TPSA) is 81.2 Å². The number of hydrogen-bond acceptors (Lipinski definition) is 4. The van der Waals surface area contributed by atoms with Crippen molar-refractivity contribution >= 4 is 34.3 Å². The van der Waals surface area contributed by atoms with Crippen LogP contribution >= 0.6 is 0 Å². The molecule has 1 amide bonds. The molecular weight excluding hydrogens is 350 g/mol. The van der Waals surface area contributed by atoms with Gasteiger partial charge in [-0.15, -0.1) is 13.2 Å². The van der Waals surface area contributed by atoms with Gasteiger partial charge in [-0.2, -0.15) is 0 Å². The molecular formula is C23H25N3O2. The van der Waals surface area contributed by atoms with Crippen molar-refractivity contribution in [1.29, 1.82) is 0 Å². The zero-order valence-corrected chi connectivity index (χ0v) is 16.2. The van der Waals surface area contributed by atoms with Gasteiger partial charge in [0.2, 0.25) is 5.91 Å². The molecule has 0 aliphatic rings. The van der Waals surface area contributed by atoms with Crippen LogP contribution in [0.3, 0.4) is 0 Å². The van der Waals surface area contributed by atoms with E-state index in [0.29, 0.717) is 18.1 Å². The number of anilines is 1. The molecule has 0 bridgehead atoms. The number of nitrogens with one attached hydrogen (secondary N) is 1. The van der Waals surface area contributed by atoms with Crippen molar-refractivity contribution in [2.24, 2.45) is 0 Å². The monoisotopic (exact) mass is 375 g/mol. The third-order valence-electron chi connectivity index (χ3n) is 4.13. The van der Waals surface area contributed by atoms with Crippen LogP contribution in [-0.4, -0.2) is 10.9 Å². The molecule has 3 N–H and O–H groups in total. The van der Waals surface area contributed by atoms with Crippen molar-refractivity contribution in [3.63, 3.8) is 0 Å². The molecule has 2 aromatic heterocycles. The van der Waals surface area contributed by atoms with Gasteiger partial charge in [0, 0.05) is 17.7 Å². The second-order valence-electron chi connectivity index (χ2n) is 6.00. The number of carbonyl (C=O) groups is 1. The van der Waals surface area contributed by atoms with Crippen molar-refractivity contribution in [3.05, 3.63) is 84.8 Å². The van der Waals surface area contributed by atoms with Crippen molar-refractivity contribution in [1.82, 2.24) is 10.3 Å². The number of benzene rings is 1. The van der Waals surface area contributed by atoms with Gasteiger partial charge < -0.3 is 15.5 Å². The predicted octanol–water partition coefficient (Wildman–Crippen LogP) is 4.97. The second kappa shape index (κ2) is 9.92. The molecule has 5 heteroatoms. The van der Waals surface area contributed by atoms with Gasteiger partial charge in [-0.05, 0) is 67.0 Å². The van der Waals surface area contributed by atoms with E-state index in [1.807, 2.05) is 25.1 Å². The summed E-state index contributed by atoms with van der Waals surface area (Å²) in [5.74, 6) is 0.961. The Balaban J connectivity index is 0.00000136. The first-order chi connectivity index (χ1) is 13.5. The number of pyridine rings is 1. The Kier molecular flexibility index (Phi) is 7.34. The highest BCUT2D eigenvalue weighted by molar-refractivity contribution is 5.91. The van der Waals surface area contributed by atoms with Crippen molar-refractivity contribution in [2.45, 2.75) is 20.4 Å². The lowest BCUT2D eigenvalue weighted by atomic mass is 10.1. The van der Waals surface area contributed by atoms with Gasteiger partial charge in [0.1, 0.15) is 17.2 Å². The Morgan fingerprint density at radius 2 is 2.04 bits per heavy atom. The number of amides is 1. The first-order valence-corrected chi connectivity index (χ1v) is 8.88. The molecule has 0 radical (unpaired) electrons. The SMILES string of the molecule is C/C=C(\C)c1ccc2oc(CNC(=O)/C=C/c3ccc(N)nc3)cc2c1.C=C. The largest absolute Gasteiger partial charge is 0.459 e. The molecule has 28 heavy (non-hydrogen) atoms. The summed E-state index contributed by atoms with van der Waals surface area (Å²) in [6.07, 6.45) is 6.84. The maximum atomic E-state index is 12.0. The van der Waals surface area contributed by atoms with Crippen LogP contribution in [0, 0.1) is 0 Å². The number of nitrogen functional groups attached to an aromatic ring is 1. The minimum atomic E-state index is -0.201. The van der Waals surface area contributed by atoms with E-state index < -0.39 is 0 Å². The molecule has 0 aliphatic carbocycles. The quantitative estimate of drug-likeness (QED) is 0.487. The zero-order chi connectivity index (χ0) is 20.5. The van der Waals surface area contributed by atoms with E-state index in [-0.39, 0.29) is 5.91 Å². The molecule has 2 heterocycles. The predicted molar refractivity (Wildman–Crippen MR) is 116 cm³/mol. The minimum Gasteiger partial charge on any atom is -0.459 e. The van der Waals surface area contributed by atoms with E-state index in [1.165, 1.54) is 11.6 Å². The summed E-state index contributed by atoms with van der Waals surface area (Å²) in [5.41, 5.74) is 9.53. The fourth-order valence-electron chi connectivity index (χ4n) is 2.52. The van der Waals surface area contributed by atoms with Crippen LogP contribution in [0.25, 0.3) is 22.6 Å². The first-order valence-electron chi connectivity index (χ1n) is 8.88. The molecule has 3 aromatic rings. The number of furan rings is 1. The summed E-state index contributed by atoms with van der Waals surface area (Å²) in [6, 6.07) is 11.5. The smallest absolute Gasteiger partial charge is 0.244 e. The zero-order valence-electron chi connectivity index (χ0n) is 16.2. The molecule has 0 saturated carbocycles. The van der Waals surface area contributed by atoms with Crippen LogP contribution in [0.15, 0.2) is 72.3 Å². The Hall–Kier alpha value is -3.60. The number of rotatable bonds is 5. The standard InChI is InChI=1S/C21H21N3O2.C2H4/c1-3-14(2)16-6-7-19-17(10-16)11-18(26-19)13-24-21(25)9-5-15-4-8-20(22)23-12-15;1-2/h3-12H,13H2,1-2H3,(H2,22,23)(H,24,25);1-2H2/b9-5+,14-3+;. The van der Waals surface area contributed by atoms with E-state index in [4.69, 9.17) is 10.2 Å². The summed E-state index contributed by atoms with van der Waals surface area (Å²) < 4.78 is 5.78. The summed E-state index contributed by atoms with van der Waals surface area (Å²) in [7, 11) is 0. The Bertz CT molecular complexity index is 998. The number of nitrogens with zero attached hydrogens (tertiary/aromatic N) is 1. The van der Waals surface area contributed by atoms with Gasteiger partial charge in [0.05, 0.1) is 6.54 Å². The summed E-state index contributed by atoms with van der Waals surface area (Å²) in [6.45, 7) is 10.4. The van der Waals surface area contributed by atoms with Gasteiger partial charge in [0.25, 0.3) is 0 Å².